The van der Waals surface area contributed by atoms with Crippen LogP contribution in [-0.4, -0.2) is 41.9 Å². The highest BCUT2D eigenvalue weighted by Gasteiger charge is 2.26. The Labute approximate surface area is 191 Å². The monoisotopic (exact) mass is 442 g/mol. The molecule has 0 unspecified atom stereocenters. The highest BCUT2D eigenvalue weighted by Crippen LogP contribution is 2.28. The van der Waals surface area contributed by atoms with E-state index >= 15 is 0 Å². The van der Waals surface area contributed by atoms with Crippen LogP contribution < -0.4 is 9.64 Å². The van der Waals surface area contributed by atoms with Gasteiger partial charge < -0.3 is 14.5 Å². The van der Waals surface area contributed by atoms with Gasteiger partial charge in [0.1, 0.15) is 18.0 Å². The van der Waals surface area contributed by atoms with Crippen molar-refractivity contribution in [1.82, 2.24) is 4.90 Å². The van der Waals surface area contributed by atoms with Crippen LogP contribution in [-0.2, 0) is 6.61 Å². The van der Waals surface area contributed by atoms with Crippen molar-refractivity contribution in [1.29, 1.82) is 5.26 Å². The number of carbonyl (C=O) groups excluding carboxylic acids is 1. The lowest BCUT2D eigenvalue weighted by Gasteiger charge is -2.35. The second-order valence-electron chi connectivity index (χ2n) is 7.61. The van der Waals surface area contributed by atoms with E-state index in [0.29, 0.717) is 48.7 Å². The number of amides is 1. The Morgan fingerprint density at radius 2 is 1.73 bits per heavy atom. The van der Waals surface area contributed by atoms with Gasteiger partial charge in [0, 0.05) is 43.4 Å². The summed E-state index contributed by atoms with van der Waals surface area (Å²) in [4.78, 5) is 27.7. The zero-order valence-electron chi connectivity index (χ0n) is 17.9. The molecule has 33 heavy (non-hydrogen) atoms. The number of hydrogen-bond acceptors (Lipinski definition) is 6. The lowest BCUT2D eigenvalue weighted by Crippen LogP contribution is -2.48. The van der Waals surface area contributed by atoms with Gasteiger partial charge in [-0.2, -0.15) is 5.26 Å². The van der Waals surface area contributed by atoms with E-state index in [4.69, 9.17) is 4.74 Å². The third-order valence-electron chi connectivity index (χ3n) is 5.60. The summed E-state index contributed by atoms with van der Waals surface area (Å²) < 4.78 is 5.83. The van der Waals surface area contributed by atoms with E-state index in [1.165, 1.54) is 6.07 Å². The minimum Gasteiger partial charge on any atom is -0.489 e. The second-order valence-corrected chi connectivity index (χ2v) is 7.61. The van der Waals surface area contributed by atoms with Gasteiger partial charge in [0.25, 0.3) is 11.6 Å². The predicted molar refractivity (Wildman–Crippen MR) is 123 cm³/mol. The van der Waals surface area contributed by atoms with Crippen LogP contribution in [0, 0.1) is 21.4 Å². The highest BCUT2D eigenvalue weighted by molar-refractivity contribution is 5.94. The fourth-order valence-electron chi connectivity index (χ4n) is 3.85. The second kappa shape index (κ2) is 9.83. The Morgan fingerprint density at radius 3 is 2.48 bits per heavy atom. The van der Waals surface area contributed by atoms with Gasteiger partial charge in [0.15, 0.2) is 0 Å². The molecule has 0 spiro atoms. The van der Waals surface area contributed by atoms with E-state index in [9.17, 15) is 20.2 Å². The van der Waals surface area contributed by atoms with E-state index in [-0.39, 0.29) is 23.1 Å². The first-order valence-electron chi connectivity index (χ1n) is 10.6. The maximum absolute atomic E-state index is 13.0. The third-order valence-corrected chi connectivity index (χ3v) is 5.60. The molecular weight excluding hydrogens is 420 g/mol. The summed E-state index contributed by atoms with van der Waals surface area (Å²) in [6.45, 7) is 2.18. The molecule has 0 atom stereocenters. The van der Waals surface area contributed by atoms with E-state index < -0.39 is 0 Å². The van der Waals surface area contributed by atoms with Crippen molar-refractivity contribution in [3.63, 3.8) is 0 Å². The first kappa shape index (κ1) is 21.8. The molecule has 0 radical (unpaired) electrons. The molecule has 166 valence electrons. The van der Waals surface area contributed by atoms with Crippen LogP contribution in [0.4, 0.5) is 11.4 Å². The Kier molecular flexibility index (Phi) is 6.51. The van der Waals surface area contributed by atoms with Crippen molar-refractivity contribution in [3.8, 4) is 11.8 Å². The van der Waals surface area contributed by atoms with Gasteiger partial charge in [-0.15, -0.1) is 0 Å². The number of nitriles is 1. The Balaban J connectivity index is 1.39. The lowest BCUT2D eigenvalue weighted by atomic mass is 10.1. The topological polar surface area (TPSA) is 99.7 Å². The molecule has 0 bridgehead atoms. The molecule has 1 fully saturated rings. The fraction of sp³-hybridized carbons (Fsp3) is 0.200. The fourth-order valence-corrected chi connectivity index (χ4v) is 3.85. The summed E-state index contributed by atoms with van der Waals surface area (Å²) in [6, 6.07) is 23.0. The van der Waals surface area contributed by atoms with E-state index in [0.717, 1.165) is 5.56 Å². The molecule has 1 aliphatic rings. The van der Waals surface area contributed by atoms with Gasteiger partial charge in [-0.05, 0) is 30.3 Å². The number of carbonyl (C=O) groups is 1. The molecule has 8 nitrogen and oxygen atoms in total. The Hall–Kier alpha value is -4.38. The summed E-state index contributed by atoms with van der Waals surface area (Å²) >= 11 is 0. The maximum Gasteiger partial charge on any atom is 0.292 e. The molecule has 3 aromatic carbocycles. The lowest BCUT2D eigenvalue weighted by molar-refractivity contribution is -0.384. The summed E-state index contributed by atoms with van der Waals surface area (Å²) in [7, 11) is 0. The quantitative estimate of drug-likeness (QED) is 0.422. The molecule has 1 saturated heterocycles. The molecule has 8 heteroatoms. The Morgan fingerprint density at radius 1 is 1.00 bits per heavy atom. The van der Waals surface area contributed by atoms with Gasteiger partial charge in [-0.1, -0.05) is 36.4 Å². The number of nitro groups is 1. The highest BCUT2D eigenvalue weighted by atomic mass is 16.6. The molecule has 0 aromatic heterocycles. The summed E-state index contributed by atoms with van der Waals surface area (Å²) in [5, 5.41) is 20.5. The van der Waals surface area contributed by atoms with Crippen molar-refractivity contribution in [2.45, 2.75) is 6.61 Å². The number of ether oxygens (including phenoxy) is 1. The molecule has 0 N–H and O–H groups in total. The molecule has 0 aliphatic carbocycles. The standard InChI is InChI=1S/C25H22N4O4/c26-17-20-6-1-2-7-21(20)18-33-22-9-5-8-19(16-22)25(30)28-14-12-27(13-15-28)23-10-3-4-11-24(23)29(31)32/h1-11,16H,12-15,18H2. The number of nitro benzene ring substituents is 1. The summed E-state index contributed by atoms with van der Waals surface area (Å²) in [5.41, 5.74) is 2.49. The van der Waals surface area contributed by atoms with Crippen molar-refractivity contribution >= 4 is 17.3 Å². The smallest absolute Gasteiger partial charge is 0.292 e. The molecule has 1 aliphatic heterocycles. The van der Waals surface area contributed by atoms with Crippen molar-refractivity contribution in [2.75, 3.05) is 31.1 Å². The largest absolute Gasteiger partial charge is 0.489 e. The third kappa shape index (κ3) is 4.93. The van der Waals surface area contributed by atoms with Gasteiger partial charge >= 0.3 is 0 Å². The van der Waals surface area contributed by atoms with Gasteiger partial charge in [-0.25, -0.2) is 0 Å². The van der Waals surface area contributed by atoms with Crippen LogP contribution in [0.5, 0.6) is 5.75 Å². The number of para-hydroxylation sites is 2. The molecule has 1 amide bonds. The summed E-state index contributed by atoms with van der Waals surface area (Å²) in [6.07, 6.45) is 0. The first-order valence-corrected chi connectivity index (χ1v) is 10.6. The number of rotatable bonds is 6. The SMILES string of the molecule is N#Cc1ccccc1COc1cccc(C(=O)N2CCN(c3ccccc3[N+](=O)[O-])CC2)c1. The van der Waals surface area contributed by atoms with Gasteiger partial charge in [-0.3, -0.25) is 14.9 Å². The minimum atomic E-state index is -0.382. The van der Waals surface area contributed by atoms with Crippen molar-refractivity contribution in [3.05, 3.63) is 99.6 Å². The normalized spacial score (nSPS) is 13.3. The van der Waals surface area contributed by atoms with Gasteiger partial charge in [0.2, 0.25) is 0 Å². The average molecular weight is 442 g/mol. The van der Waals surface area contributed by atoms with Crippen LogP contribution in [0.2, 0.25) is 0 Å². The molecule has 0 saturated carbocycles. The molecular formula is C25H22N4O4. The molecule has 4 rings (SSSR count). The zero-order chi connectivity index (χ0) is 23.2. The van der Waals surface area contributed by atoms with Crippen LogP contribution in [0.1, 0.15) is 21.5 Å². The number of anilines is 1. The van der Waals surface area contributed by atoms with Crippen LogP contribution in [0.25, 0.3) is 0 Å². The van der Waals surface area contributed by atoms with Crippen molar-refractivity contribution < 1.29 is 14.5 Å². The molecule has 1 heterocycles. The number of piperazine rings is 1. The van der Waals surface area contributed by atoms with E-state index in [1.807, 2.05) is 17.0 Å². The number of nitrogens with zero attached hydrogens (tertiary/aromatic N) is 4. The first-order chi connectivity index (χ1) is 16.1. The minimum absolute atomic E-state index is 0.0695. The maximum atomic E-state index is 13.0. The predicted octanol–water partition coefficient (Wildman–Crippen LogP) is 4.01. The Bertz CT molecular complexity index is 1210. The van der Waals surface area contributed by atoms with Crippen molar-refractivity contribution in [2.24, 2.45) is 0 Å². The van der Waals surface area contributed by atoms with Crippen LogP contribution >= 0.6 is 0 Å². The van der Waals surface area contributed by atoms with Crippen LogP contribution in [0.15, 0.2) is 72.8 Å². The number of benzene rings is 3. The summed E-state index contributed by atoms with van der Waals surface area (Å²) in [5.74, 6) is 0.437. The van der Waals surface area contributed by atoms with Gasteiger partial charge in [0.05, 0.1) is 16.6 Å². The zero-order valence-corrected chi connectivity index (χ0v) is 17.9. The van der Waals surface area contributed by atoms with E-state index in [2.05, 4.69) is 6.07 Å². The van der Waals surface area contributed by atoms with Crippen LogP contribution in [0.3, 0.4) is 0 Å². The average Bonchev–Trinajstić information content (AvgIpc) is 2.87. The molecule has 3 aromatic rings. The van der Waals surface area contributed by atoms with E-state index in [1.54, 1.807) is 59.5 Å². The number of hydrogen-bond donors (Lipinski definition) is 0.